The summed E-state index contributed by atoms with van der Waals surface area (Å²) in [4.78, 5) is 13.5. The van der Waals surface area contributed by atoms with Gasteiger partial charge in [0.05, 0.1) is 10.5 Å². The zero-order valence-electron chi connectivity index (χ0n) is 23.0. The molecule has 0 atom stereocenters. The maximum absolute atomic E-state index is 13.3. The average molecular weight is 570 g/mol. The van der Waals surface area contributed by atoms with E-state index in [1.54, 1.807) is 48.5 Å². The molecule has 212 valence electrons. The number of rotatable bonds is 11. The Morgan fingerprint density at radius 3 is 2.20 bits per heavy atom. The average Bonchev–Trinajstić information content (AvgIpc) is 3.79. The standard InChI is InChI=1S/C34H35NO5S/c36-31-29(18-15-25-11-7-12-27(23-25)35-41(38,39)28-13-5-2-6-14-28)33(37)40-32(30(31)26-16-17-26)34(20-8-21-34)22-19-24-9-3-1-4-10-24/h1-7,9-14,23,26,35-36H,8,15-22H2. The summed E-state index contributed by atoms with van der Waals surface area (Å²) in [6.07, 6.45) is 7.57. The number of aromatic hydroxyl groups is 1. The van der Waals surface area contributed by atoms with E-state index >= 15 is 0 Å². The monoisotopic (exact) mass is 569 g/mol. The molecule has 0 unspecified atom stereocenters. The van der Waals surface area contributed by atoms with E-state index in [9.17, 15) is 18.3 Å². The summed E-state index contributed by atoms with van der Waals surface area (Å²) >= 11 is 0. The van der Waals surface area contributed by atoms with Crippen molar-refractivity contribution in [2.75, 3.05) is 4.72 Å². The van der Waals surface area contributed by atoms with Gasteiger partial charge in [0.1, 0.15) is 11.5 Å². The van der Waals surface area contributed by atoms with Crippen LogP contribution in [0.1, 0.15) is 72.5 Å². The van der Waals surface area contributed by atoms with Crippen LogP contribution in [0.15, 0.2) is 99.0 Å². The molecule has 0 radical (unpaired) electrons. The third kappa shape index (κ3) is 5.82. The summed E-state index contributed by atoms with van der Waals surface area (Å²) in [7, 11) is -3.71. The first-order chi connectivity index (χ1) is 19.8. The molecule has 0 amide bonds. The minimum Gasteiger partial charge on any atom is -0.507 e. The highest BCUT2D eigenvalue weighted by molar-refractivity contribution is 7.92. The van der Waals surface area contributed by atoms with Gasteiger partial charge in [0, 0.05) is 16.7 Å². The van der Waals surface area contributed by atoms with Crippen LogP contribution in [0.2, 0.25) is 0 Å². The van der Waals surface area contributed by atoms with E-state index in [2.05, 4.69) is 16.9 Å². The Morgan fingerprint density at radius 1 is 0.854 bits per heavy atom. The van der Waals surface area contributed by atoms with E-state index in [0.29, 0.717) is 29.9 Å². The molecular formula is C34H35NO5S. The fourth-order valence-corrected chi connectivity index (χ4v) is 7.11. The lowest BCUT2D eigenvalue weighted by atomic mass is 9.62. The zero-order valence-corrected chi connectivity index (χ0v) is 23.8. The van der Waals surface area contributed by atoms with Crippen LogP contribution >= 0.6 is 0 Å². The molecule has 4 aromatic rings. The van der Waals surface area contributed by atoms with Gasteiger partial charge in [-0.15, -0.1) is 0 Å². The molecule has 0 spiro atoms. The van der Waals surface area contributed by atoms with Crippen molar-refractivity contribution in [2.45, 2.75) is 74.0 Å². The second-order valence-electron chi connectivity index (χ2n) is 11.5. The van der Waals surface area contributed by atoms with Crippen molar-refractivity contribution in [3.8, 4) is 5.75 Å². The Bertz CT molecular complexity index is 1690. The van der Waals surface area contributed by atoms with Crippen molar-refractivity contribution < 1.29 is 17.9 Å². The van der Waals surface area contributed by atoms with Crippen LogP contribution < -0.4 is 10.3 Å². The molecule has 7 heteroatoms. The molecule has 2 aliphatic carbocycles. The molecule has 2 saturated carbocycles. The smallest absolute Gasteiger partial charge is 0.342 e. The predicted octanol–water partition coefficient (Wildman–Crippen LogP) is 6.86. The van der Waals surface area contributed by atoms with Crippen molar-refractivity contribution in [2.24, 2.45) is 0 Å². The fraction of sp³-hybridized carbons (Fsp3) is 0.324. The lowest BCUT2D eigenvalue weighted by molar-refractivity contribution is 0.173. The molecular weight excluding hydrogens is 534 g/mol. The topological polar surface area (TPSA) is 96.6 Å². The van der Waals surface area contributed by atoms with Gasteiger partial charge in [-0.3, -0.25) is 4.72 Å². The quantitative estimate of drug-likeness (QED) is 0.206. The summed E-state index contributed by atoms with van der Waals surface area (Å²) in [6, 6.07) is 25.7. The van der Waals surface area contributed by atoms with E-state index in [1.165, 1.54) is 5.56 Å². The van der Waals surface area contributed by atoms with E-state index < -0.39 is 15.6 Å². The van der Waals surface area contributed by atoms with E-state index in [1.807, 2.05) is 24.3 Å². The first-order valence-corrected chi connectivity index (χ1v) is 15.9. The van der Waals surface area contributed by atoms with Crippen LogP contribution in [0, 0.1) is 0 Å². The molecule has 1 heterocycles. The van der Waals surface area contributed by atoms with Gasteiger partial charge < -0.3 is 9.52 Å². The number of anilines is 1. The first-order valence-electron chi connectivity index (χ1n) is 14.4. The van der Waals surface area contributed by atoms with Crippen LogP contribution in [0.5, 0.6) is 5.75 Å². The Hall–Kier alpha value is -3.84. The van der Waals surface area contributed by atoms with Gasteiger partial charge >= 0.3 is 5.63 Å². The van der Waals surface area contributed by atoms with Gasteiger partial charge in [0.25, 0.3) is 10.0 Å². The predicted molar refractivity (Wildman–Crippen MR) is 160 cm³/mol. The molecule has 0 saturated heterocycles. The van der Waals surface area contributed by atoms with Crippen LogP contribution in [0.25, 0.3) is 0 Å². The minimum absolute atomic E-state index is 0.102. The molecule has 6 rings (SSSR count). The van der Waals surface area contributed by atoms with Crippen molar-refractivity contribution in [3.63, 3.8) is 0 Å². The SMILES string of the molecule is O=c1oc(C2(CCc3ccccc3)CCC2)c(C2CC2)c(O)c1CCc1cccc(NS(=O)(=O)c2ccccc2)c1. The van der Waals surface area contributed by atoms with Crippen LogP contribution in [-0.2, 0) is 34.7 Å². The van der Waals surface area contributed by atoms with Crippen LogP contribution in [0.4, 0.5) is 5.69 Å². The maximum Gasteiger partial charge on any atom is 0.342 e. The van der Waals surface area contributed by atoms with Crippen molar-refractivity contribution >= 4 is 15.7 Å². The third-order valence-electron chi connectivity index (χ3n) is 8.64. The fourth-order valence-electron chi connectivity index (χ4n) is 6.04. The highest BCUT2D eigenvalue weighted by atomic mass is 32.2. The van der Waals surface area contributed by atoms with Gasteiger partial charge in [-0.25, -0.2) is 13.2 Å². The van der Waals surface area contributed by atoms with Gasteiger partial charge in [-0.05, 0) is 92.7 Å². The van der Waals surface area contributed by atoms with E-state index in [4.69, 9.17) is 4.42 Å². The number of hydrogen-bond acceptors (Lipinski definition) is 5. The molecule has 0 bridgehead atoms. The van der Waals surface area contributed by atoms with Crippen molar-refractivity contribution in [3.05, 3.63) is 123 Å². The second-order valence-corrected chi connectivity index (χ2v) is 13.2. The Kier molecular flexibility index (Phi) is 7.47. The minimum atomic E-state index is -3.71. The molecule has 2 fully saturated rings. The van der Waals surface area contributed by atoms with Gasteiger partial charge in [0.2, 0.25) is 0 Å². The van der Waals surface area contributed by atoms with Gasteiger partial charge in [-0.1, -0.05) is 67.1 Å². The van der Waals surface area contributed by atoms with Crippen LogP contribution in [-0.4, -0.2) is 13.5 Å². The summed E-state index contributed by atoms with van der Waals surface area (Å²) in [5, 5.41) is 11.5. The highest BCUT2D eigenvalue weighted by Gasteiger charge is 2.46. The lowest BCUT2D eigenvalue weighted by Gasteiger charge is -2.42. The molecule has 41 heavy (non-hydrogen) atoms. The maximum atomic E-state index is 13.3. The van der Waals surface area contributed by atoms with Gasteiger partial charge in [-0.2, -0.15) is 0 Å². The molecule has 0 aliphatic heterocycles. The molecule has 2 N–H and O–H groups in total. The lowest BCUT2D eigenvalue weighted by Crippen LogP contribution is -2.37. The van der Waals surface area contributed by atoms with Crippen molar-refractivity contribution in [1.82, 2.24) is 0 Å². The van der Waals surface area contributed by atoms with Crippen LogP contribution in [0.3, 0.4) is 0 Å². The Balaban J connectivity index is 1.23. The molecule has 6 nitrogen and oxygen atoms in total. The van der Waals surface area contributed by atoms with Gasteiger partial charge in [0.15, 0.2) is 0 Å². The number of aryl methyl sites for hydroxylation is 2. The summed E-state index contributed by atoms with van der Waals surface area (Å²) in [5.41, 5.74) is 3.05. The largest absolute Gasteiger partial charge is 0.507 e. The Morgan fingerprint density at radius 2 is 1.54 bits per heavy atom. The molecule has 1 aromatic heterocycles. The highest BCUT2D eigenvalue weighted by Crippen LogP contribution is 2.55. The van der Waals surface area contributed by atoms with Crippen molar-refractivity contribution in [1.29, 1.82) is 0 Å². The second kappa shape index (κ2) is 11.2. The third-order valence-corrected chi connectivity index (χ3v) is 10.0. The van der Waals surface area contributed by atoms with E-state index in [-0.39, 0.29) is 22.0 Å². The molecule has 3 aromatic carbocycles. The normalized spacial score (nSPS) is 16.2. The number of nitrogens with one attached hydrogen (secondary N) is 1. The summed E-state index contributed by atoms with van der Waals surface area (Å²) in [5.74, 6) is 1.05. The summed E-state index contributed by atoms with van der Waals surface area (Å²) < 4.78 is 34.3. The number of hydrogen-bond donors (Lipinski definition) is 2. The summed E-state index contributed by atoms with van der Waals surface area (Å²) in [6.45, 7) is 0. The Labute approximate surface area is 241 Å². The number of benzene rings is 3. The zero-order chi connectivity index (χ0) is 28.5. The number of sulfonamides is 1. The molecule has 2 aliphatic rings. The first kappa shape index (κ1) is 27.3. The van der Waals surface area contributed by atoms with E-state index in [0.717, 1.165) is 56.1 Å².